The standard InChI is InChI=1S/C17H13ClN2O4S.Ba/c1-10-8-14(16(9-13(10)18)25(22,23)24)19-20-17-12-5-3-2-4-11(12)6-7-15(17)21;/h2-9,21H,1H3,(H,22,23,24);/q;+2/p-2. The summed E-state index contributed by atoms with van der Waals surface area (Å²) < 4.78 is 34.3. The van der Waals surface area contributed by atoms with Crippen LogP contribution in [0.4, 0.5) is 11.4 Å². The molecule has 0 aliphatic heterocycles. The quantitative estimate of drug-likeness (QED) is 0.303. The van der Waals surface area contributed by atoms with Crippen molar-refractivity contribution in [2.24, 2.45) is 10.2 Å². The van der Waals surface area contributed by atoms with Gasteiger partial charge in [-0.2, -0.15) is 5.11 Å². The van der Waals surface area contributed by atoms with Crippen LogP contribution in [0, 0.1) is 6.92 Å². The molecule has 0 saturated heterocycles. The third kappa shape index (κ3) is 4.49. The Hall–Kier alpha value is -0.909. The molecule has 0 fully saturated rings. The maximum absolute atomic E-state index is 12.1. The Balaban J connectivity index is 0.00000243. The molecule has 0 aromatic heterocycles. The molecule has 0 N–H and O–H groups in total. The minimum Gasteiger partial charge on any atom is -0.871 e. The summed E-state index contributed by atoms with van der Waals surface area (Å²) in [5.74, 6) is -0.361. The van der Waals surface area contributed by atoms with E-state index in [2.05, 4.69) is 10.2 Å². The molecule has 128 valence electrons. The van der Waals surface area contributed by atoms with Gasteiger partial charge in [-0.25, -0.2) is 8.42 Å². The number of rotatable bonds is 3. The zero-order valence-corrected chi connectivity index (χ0v) is 19.7. The van der Waals surface area contributed by atoms with Crippen molar-refractivity contribution in [1.82, 2.24) is 0 Å². The van der Waals surface area contributed by atoms with Crippen LogP contribution in [-0.2, 0) is 10.1 Å². The van der Waals surface area contributed by atoms with E-state index in [4.69, 9.17) is 11.6 Å². The van der Waals surface area contributed by atoms with Gasteiger partial charge in [0.05, 0.1) is 10.6 Å². The first-order valence-corrected chi connectivity index (χ1v) is 8.92. The molecule has 26 heavy (non-hydrogen) atoms. The van der Waals surface area contributed by atoms with Crippen LogP contribution in [0.2, 0.25) is 5.02 Å². The SMILES string of the molecule is Cc1cc(N=Nc2c([O-])ccc3ccccc23)c(S(=O)(=O)[O-])cc1Cl.[Ba+2]. The van der Waals surface area contributed by atoms with Gasteiger partial charge in [0.15, 0.2) is 0 Å². The van der Waals surface area contributed by atoms with Crippen molar-refractivity contribution in [3.63, 3.8) is 0 Å². The van der Waals surface area contributed by atoms with Crippen LogP contribution in [0.25, 0.3) is 10.8 Å². The molecule has 3 aromatic carbocycles. The van der Waals surface area contributed by atoms with E-state index < -0.39 is 15.0 Å². The molecule has 0 bridgehead atoms. The van der Waals surface area contributed by atoms with Crippen molar-refractivity contribution in [3.05, 3.63) is 59.1 Å². The topological polar surface area (TPSA) is 105 Å². The number of fused-ring (bicyclic) bond motifs is 1. The number of benzene rings is 3. The molecule has 0 spiro atoms. The second-order valence-corrected chi connectivity index (χ2v) is 7.11. The van der Waals surface area contributed by atoms with Gasteiger partial charge in [-0.1, -0.05) is 53.7 Å². The van der Waals surface area contributed by atoms with Gasteiger partial charge in [-0.15, -0.1) is 5.11 Å². The van der Waals surface area contributed by atoms with Gasteiger partial charge < -0.3 is 9.66 Å². The van der Waals surface area contributed by atoms with Crippen molar-refractivity contribution < 1.29 is 18.1 Å². The van der Waals surface area contributed by atoms with E-state index in [1.165, 1.54) is 12.1 Å². The largest absolute Gasteiger partial charge is 2.00 e. The van der Waals surface area contributed by atoms with Crippen LogP contribution >= 0.6 is 11.6 Å². The molecule has 0 saturated carbocycles. The second-order valence-electron chi connectivity index (χ2n) is 5.36. The molecule has 9 heteroatoms. The first kappa shape index (κ1) is 21.4. The van der Waals surface area contributed by atoms with Gasteiger partial charge in [-0.05, 0) is 30.0 Å². The molecular weight excluding hydrogens is 501 g/mol. The molecule has 0 atom stereocenters. The summed E-state index contributed by atoms with van der Waals surface area (Å²) in [7, 11) is -4.80. The Bertz CT molecular complexity index is 1120. The summed E-state index contributed by atoms with van der Waals surface area (Å²) in [5, 5.41) is 21.4. The van der Waals surface area contributed by atoms with Crippen molar-refractivity contribution in [3.8, 4) is 5.75 Å². The molecule has 3 rings (SSSR count). The minimum absolute atomic E-state index is 0. The average molecular weight is 512 g/mol. The Morgan fingerprint density at radius 2 is 1.73 bits per heavy atom. The smallest absolute Gasteiger partial charge is 0.871 e. The molecule has 0 amide bonds. The fourth-order valence-electron chi connectivity index (χ4n) is 2.37. The molecule has 0 aliphatic rings. The molecule has 3 aromatic rings. The van der Waals surface area contributed by atoms with E-state index in [1.54, 1.807) is 25.1 Å². The first-order chi connectivity index (χ1) is 11.8. The maximum Gasteiger partial charge on any atom is 2.00 e. The van der Waals surface area contributed by atoms with Crippen molar-refractivity contribution in [2.45, 2.75) is 11.8 Å². The van der Waals surface area contributed by atoms with Gasteiger partial charge in [0.2, 0.25) is 0 Å². The molecule has 0 heterocycles. The Labute approximate surface area is 195 Å². The van der Waals surface area contributed by atoms with Gasteiger partial charge in [0, 0.05) is 10.4 Å². The molecular formula is C17H11BaClN2O4S. The van der Waals surface area contributed by atoms with Gasteiger partial charge >= 0.3 is 48.9 Å². The summed E-state index contributed by atoms with van der Waals surface area (Å²) in [6, 6.07) is 12.5. The van der Waals surface area contributed by atoms with Gasteiger partial charge in [-0.3, -0.25) is 0 Å². The fourth-order valence-corrected chi connectivity index (χ4v) is 3.21. The van der Waals surface area contributed by atoms with Crippen LogP contribution in [0.15, 0.2) is 63.7 Å². The van der Waals surface area contributed by atoms with E-state index in [0.29, 0.717) is 10.9 Å². The molecule has 0 radical (unpaired) electrons. The summed E-state index contributed by atoms with van der Waals surface area (Å²) in [4.78, 5) is -0.584. The predicted molar refractivity (Wildman–Crippen MR) is 97.5 cm³/mol. The average Bonchev–Trinajstić information content (AvgIpc) is 2.55. The Kier molecular flexibility index (Phi) is 6.92. The second kappa shape index (κ2) is 8.41. The third-order valence-corrected chi connectivity index (χ3v) is 4.90. The third-order valence-electron chi connectivity index (χ3n) is 3.63. The van der Waals surface area contributed by atoms with E-state index in [0.717, 1.165) is 11.5 Å². The number of halogens is 1. The monoisotopic (exact) mass is 512 g/mol. The zero-order chi connectivity index (χ0) is 18.2. The summed E-state index contributed by atoms with van der Waals surface area (Å²) >= 11 is 5.89. The van der Waals surface area contributed by atoms with E-state index in [9.17, 15) is 18.1 Å². The van der Waals surface area contributed by atoms with Crippen molar-refractivity contribution in [1.29, 1.82) is 0 Å². The number of hydrogen-bond donors (Lipinski definition) is 0. The fraction of sp³-hybridized carbons (Fsp3) is 0.0588. The van der Waals surface area contributed by atoms with E-state index >= 15 is 0 Å². The Morgan fingerprint density at radius 3 is 2.42 bits per heavy atom. The van der Waals surface area contributed by atoms with Crippen LogP contribution < -0.4 is 5.11 Å². The Morgan fingerprint density at radius 1 is 1.04 bits per heavy atom. The van der Waals surface area contributed by atoms with Crippen molar-refractivity contribution >= 4 is 92.7 Å². The number of aryl methyl sites for hydroxylation is 1. The zero-order valence-electron chi connectivity index (χ0n) is 13.6. The summed E-state index contributed by atoms with van der Waals surface area (Å²) in [6.45, 7) is 1.64. The van der Waals surface area contributed by atoms with Gasteiger partial charge in [0.25, 0.3) is 0 Å². The molecule has 6 nitrogen and oxygen atoms in total. The van der Waals surface area contributed by atoms with Crippen LogP contribution in [0.3, 0.4) is 0 Å². The number of hydrogen-bond acceptors (Lipinski definition) is 6. The van der Waals surface area contributed by atoms with Gasteiger partial charge in [0.1, 0.15) is 15.8 Å². The summed E-state index contributed by atoms with van der Waals surface area (Å²) in [6.07, 6.45) is 0. The normalized spacial score (nSPS) is 11.7. The summed E-state index contributed by atoms with van der Waals surface area (Å²) in [5.41, 5.74) is 0.437. The van der Waals surface area contributed by atoms with E-state index in [-0.39, 0.29) is 71.0 Å². The predicted octanol–water partition coefficient (Wildman–Crippen LogP) is 3.81. The van der Waals surface area contributed by atoms with Crippen LogP contribution in [-0.4, -0.2) is 61.9 Å². The first-order valence-electron chi connectivity index (χ1n) is 7.14. The van der Waals surface area contributed by atoms with E-state index in [1.807, 2.05) is 12.1 Å². The number of nitrogens with zero attached hydrogens (tertiary/aromatic N) is 2. The van der Waals surface area contributed by atoms with Crippen LogP contribution in [0.5, 0.6) is 5.75 Å². The van der Waals surface area contributed by atoms with Crippen molar-refractivity contribution in [2.75, 3.05) is 0 Å². The number of azo groups is 1. The molecule has 0 unspecified atom stereocenters. The molecule has 0 aliphatic carbocycles. The minimum atomic E-state index is -4.80. The van der Waals surface area contributed by atoms with Crippen LogP contribution in [0.1, 0.15) is 5.56 Å². The maximum atomic E-state index is 12.1.